The highest BCUT2D eigenvalue weighted by molar-refractivity contribution is 6.32. The third-order valence-corrected chi connectivity index (χ3v) is 5.16. The number of nitrogens with zero attached hydrogens (tertiary/aromatic N) is 1. The molecule has 1 aliphatic heterocycles. The van der Waals surface area contributed by atoms with E-state index in [1.165, 1.54) is 6.08 Å². The van der Waals surface area contributed by atoms with E-state index in [2.05, 4.69) is 11.9 Å². The van der Waals surface area contributed by atoms with E-state index in [0.29, 0.717) is 46.6 Å². The smallest absolute Gasteiger partial charge is 0.331 e. The molecule has 0 radical (unpaired) electrons. The van der Waals surface area contributed by atoms with Crippen molar-refractivity contribution >= 4 is 35.5 Å². The minimum absolute atomic E-state index is 0.0706. The molecule has 35 heavy (non-hydrogen) atoms. The van der Waals surface area contributed by atoms with Crippen molar-refractivity contribution in [2.75, 3.05) is 19.8 Å². The largest absolute Gasteiger partial charge is 0.490 e. The molecule has 9 heteroatoms. The van der Waals surface area contributed by atoms with Gasteiger partial charge in [0.2, 0.25) is 0 Å². The molecule has 0 bridgehead atoms. The van der Waals surface area contributed by atoms with Gasteiger partial charge >= 0.3 is 6.03 Å². The maximum atomic E-state index is 13.2. The molecule has 0 aromatic heterocycles. The zero-order chi connectivity index (χ0) is 25.4. The first-order valence-electron chi connectivity index (χ1n) is 11.2. The quantitative estimate of drug-likeness (QED) is 0.273. The average molecular weight is 499 g/mol. The molecule has 1 aliphatic rings. The zero-order valence-electron chi connectivity index (χ0n) is 19.6. The highest BCUT2D eigenvalue weighted by Crippen LogP contribution is 2.30. The van der Waals surface area contributed by atoms with E-state index < -0.39 is 17.8 Å². The van der Waals surface area contributed by atoms with E-state index in [-0.39, 0.29) is 18.7 Å². The van der Waals surface area contributed by atoms with Gasteiger partial charge in [-0.3, -0.25) is 19.8 Å². The number of rotatable bonds is 11. The number of amides is 4. The van der Waals surface area contributed by atoms with Gasteiger partial charge in [-0.25, -0.2) is 4.79 Å². The second kappa shape index (κ2) is 12.1. The fraction of sp³-hybridized carbons (Fsp3) is 0.269. The Labute approximate surface area is 209 Å². The summed E-state index contributed by atoms with van der Waals surface area (Å²) in [6, 6.07) is 9.21. The van der Waals surface area contributed by atoms with Crippen LogP contribution in [-0.4, -0.2) is 42.6 Å². The van der Waals surface area contributed by atoms with Crippen molar-refractivity contribution in [2.45, 2.75) is 26.8 Å². The third kappa shape index (κ3) is 6.42. The van der Waals surface area contributed by atoms with E-state index >= 15 is 0 Å². The molecule has 2 aromatic carbocycles. The van der Waals surface area contributed by atoms with Gasteiger partial charge in [0.1, 0.15) is 17.9 Å². The van der Waals surface area contributed by atoms with Crippen molar-refractivity contribution < 1.29 is 28.6 Å². The number of ether oxygens (including phenoxy) is 3. The summed E-state index contributed by atoms with van der Waals surface area (Å²) in [5.74, 6) is -0.0366. The van der Waals surface area contributed by atoms with Crippen LogP contribution in [0.25, 0.3) is 6.08 Å². The molecular weight excluding hydrogens is 472 g/mol. The van der Waals surface area contributed by atoms with Crippen LogP contribution >= 0.6 is 11.6 Å². The molecule has 0 saturated carbocycles. The topological polar surface area (TPSA) is 94.2 Å². The van der Waals surface area contributed by atoms with Crippen LogP contribution in [0.5, 0.6) is 17.2 Å². The van der Waals surface area contributed by atoms with E-state index in [9.17, 15) is 14.4 Å². The molecule has 184 valence electrons. The van der Waals surface area contributed by atoms with Crippen molar-refractivity contribution in [1.82, 2.24) is 10.2 Å². The number of nitrogens with one attached hydrogen (secondary N) is 1. The van der Waals surface area contributed by atoms with Gasteiger partial charge in [0.25, 0.3) is 11.8 Å². The first-order valence-corrected chi connectivity index (χ1v) is 11.6. The summed E-state index contributed by atoms with van der Waals surface area (Å²) in [5.41, 5.74) is 0.832. The van der Waals surface area contributed by atoms with Crippen molar-refractivity contribution in [3.63, 3.8) is 0 Å². The van der Waals surface area contributed by atoms with Crippen LogP contribution in [-0.2, 0) is 16.1 Å². The van der Waals surface area contributed by atoms with E-state index in [1.807, 2.05) is 13.8 Å². The summed E-state index contributed by atoms with van der Waals surface area (Å²) < 4.78 is 17.0. The van der Waals surface area contributed by atoms with Gasteiger partial charge in [0.15, 0.2) is 11.5 Å². The lowest BCUT2D eigenvalue weighted by atomic mass is 10.1. The Balaban J connectivity index is 1.90. The molecule has 3 rings (SSSR count). The maximum Gasteiger partial charge on any atom is 0.331 e. The van der Waals surface area contributed by atoms with Crippen molar-refractivity contribution in [3.05, 3.63) is 70.8 Å². The lowest BCUT2D eigenvalue weighted by molar-refractivity contribution is -0.130. The maximum absolute atomic E-state index is 13.2. The standard InChI is InChI=1S/C26H27ClN2O6/c1-4-11-34-21-10-8-19(27)14-18(21)15-20-24(30)28-26(32)29(25(20)31)16-17-7-9-22(35-12-5-2)23(13-17)33-6-3/h4,7-10,13-15H,1,5-6,11-12,16H2,2-3H3,(H,28,30,32)/b20-15+. The molecule has 2 aromatic rings. The van der Waals surface area contributed by atoms with Crippen LogP contribution < -0.4 is 19.5 Å². The van der Waals surface area contributed by atoms with Gasteiger partial charge < -0.3 is 14.2 Å². The highest BCUT2D eigenvalue weighted by atomic mass is 35.5. The fourth-order valence-electron chi connectivity index (χ4n) is 3.34. The molecule has 8 nitrogen and oxygen atoms in total. The Kier molecular flexibility index (Phi) is 8.92. The molecular formula is C26H27ClN2O6. The Morgan fingerprint density at radius 2 is 1.77 bits per heavy atom. The number of barbiturate groups is 1. The average Bonchev–Trinajstić information content (AvgIpc) is 2.83. The second-order valence-electron chi connectivity index (χ2n) is 7.55. The molecule has 0 aliphatic carbocycles. The van der Waals surface area contributed by atoms with Crippen LogP contribution in [0, 0.1) is 0 Å². The molecule has 1 heterocycles. The Hall–Kier alpha value is -3.78. The van der Waals surface area contributed by atoms with Gasteiger partial charge in [0, 0.05) is 10.6 Å². The number of imide groups is 2. The Morgan fingerprint density at radius 3 is 2.49 bits per heavy atom. The number of halogens is 1. The van der Waals surface area contributed by atoms with Crippen LogP contribution in [0.15, 0.2) is 54.6 Å². The first-order chi connectivity index (χ1) is 16.9. The third-order valence-electron chi connectivity index (χ3n) is 4.92. The lowest BCUT2D eigenvalue weighted by Crippen LogP contribution is -2.53. The van der Waals surface area contributed by atoms with E-state index in [1.54, 1.807) is 42.5 Å². The molecule has 1 N–H and O–H groups in total. The predicted molar refractivity (Wildman–Crippen MR) is 133 cm³/mol. The number of carbonyl (C=O) groups is 3. The monoisotopic (exact) mass is 498 g/mol. The van der Waals surface area contributed by atoms with E-state index in [4.69, 9.17) is 25.8 Å². The molecule has 1 saturated heterocycles. The second-order valence-corrected chi connectivity index (χ2v) is 7.99. The molecule has 0 atom stereocenters. The number of benzene rings is 2. The van der Waals surface area contributed by atoms with Gasteiger partial charge in [-0.05, 0) is 55.3 Å². The van der Waals surface area contributed by atoms with E-state index in [0.717, 1.165) is 11.3 Å². The first kappa shape index (κ1) is 25.8. The fourth-order valence-corrected chi connectivity index (χ4v) is 3.52. The van der Waals surface area contributed by atoms with Gasteiger partial charge in [-0.2, -0.15) is 0 Å². The van der Waals surface area contributed by atoms with Gasteiger partial charge in [-0.1, -0.05) is 37.2 Å². The Bertz CT molecular complexity index is 1160. The molecule has 0 spiro atoms. The Morgan fingerprint density at radius 1 is 1.00 bits per heavy atom. The summed E-state index contributed by atoms with van der Waals surface area (Å²) in [4.78, 5) is 39.2. The van der Waals surface area contributed by atoms with Gasteiger partial charge in [0.05, 0.1) is 19.8 Å². The SMILES string of the molecule is C=CCOc1ccc(Cl)cc1/C=C1\C(=O)NC(=O)N(Cc2ccc(OCCC)c(OCC)c2)C1=O. The summed E-state index contributed by atoms with van der Waals surface area (Å²) in [5, 5.41) is 2.62. The number of carbonyl (C=O) groups excluding carboxylic acids is 3. The zero-order valence-corrected chi connectivity index (χ0v) is 20.4. The number of hydrogen-bond acceptors (Lipinski definition) is 6. The minimum atomic E-state index is -0.810. The van der Waals surface area contributed by atoms with Crippen LogP contribution in [0.3, 0.4) is 0 Å². The summed E-state index contributed by atoms with van der Waals surface area (Å²) in [6.45, 7) is 8.57. The molecule has 4 amide bonds. The number of urea groups is 1. The number of hydrogen-bond donors (Lipinski definition) is 1. The van der Waals surface area contributed by atoms with Crippen LogP contribution in [0.1, 0.15) is 31.4 Å². The lowest BCUT2D eigenvalue weighted by Gasteiger charge is -2.27. The summed E-state index contributed by atoms with van der Waals surface area (Å²) in [6.07, 6.45) is 3.76. The summed E-state index contributed by atoms with van der Waals surface area (Å²) in [7, 11) is 0. The summed E-state index contributed by atoms with van der Waals surface area (Å²) >= 11 is 6.11. The minimum Gasteiger partial charge on any atom is -0.490 e. The van der Waals surface area contributed by atoms with Crippen LogP contribution in [0.4, 0.5) is 4.79 Å². The molecule has 0 unspecified atom stereocenters. The van der Waals surface area contributed by atoms with Crippen molar-refractivity contribution in [3.8, 4) is 17.2 Å². The van der Waals surface area contributed by atoms with Gasteiger partial charge in [-0.15, -0.1) is 0 Å². The van der Waals surface area contributed by atoms with Crippen molar-refractivity contribution in [1.29, 1.82) is 0 Å². The predicted octanol–water partition coefficient (Wildman–Crippen LogP) is 4.75. The van der Waals surface area contributed by atoms with Crippen molar-refractivity contribution in [2.24, 2.45) is 0 Å². The van der Waals surface area contributed by atoms with Crippen LogP contribution in [0.2, 0.25) is 5.02 Å². The highest BCUT2D eigenvalue weighted by Gasteiger charge is 2.36. The normalized spacial score (nSPS) is 14.7. The molecule has 1 fully saturated rings.